The lowest BCUT2D eigenvalue weighted by Gasteiger charge is -2.37. The molecule has 1 amide bonds. The first-order valence-corrected chi connectivity index (χ1v) is 11.5. The number of piperazine rings is 1. The molecule has 2 saturated heterocycles. The van der Waals surface area contributed by atoms with Crippen LogP contribution in [0, 0.1) is 0 Å². The van der Waals surface area contributed by atoms with Gasteiger partial charge in [-0.25, -0.2) is 4.68 Å². The molecule has 3 aliphatic heterocycles. The number of benzene rings is 1. The van der Waals surface area contributed by atoms with Crippen molar-refractivity contribution in [2.75, 3.05) is 45.7 Å². The highest BCUT2D eigenvalue weighted by atomic mass is 19.4. The monoisotopic (exact) mass is 479 g/mol. The second kappa shape index (κ2) is 8.68. The van der Waals surface area contributed by atoms with Crippen LogP contribution in [0.1, 0.15) is 47.4 Å². The third-order valence-corrected chi connectivity index (χ3v) is 7.09. The predicted octanol–water partition coefficient (Wildman–Crippen LogP) is 3.48. The molecule has 2 aromatic rings. The molecule has 4 heterocycles. The van der Waals surface area contributed by atoms with Crippen LogP contribution in [0.25, 0.3) is 0 Å². The Morgan fingerprint density at radius 2 is 1.91 bits per heavy atom. The zero-order chi connectivity index (χ0) is 24.0. The molecule has 1 N–H and O–H groups in total. The van der Waals surface area contributed by atoms with Crippen molar-refractivity contribution in [3.63, 3.8) is 0 Å². The number of rotatable bonds is 4. The average Bonchev–Trinajstić information content (AvgIpc) is 3.48. The van der Waals surface area contributed by atoms with Crippen LogP contribution in [-0.2, 0) is 0 Å². The Morgan fingerprint density at radius 3 is 2.65 bits per heavy atom. The largest absolute Gasteiger partial charge is 0.493 e. The summed E-state index contributed by atoms with van der Waals surface area (Å²) in [7, 11) is 2.98. The van der Waals surface area contributed by atoms with E-state index < -0.39 is 18.3 Å². The molecule has 184 valence electrons. The van der Waals surface area contributed by atoms with Crippen LogP contribution in [0.4, 0.5) is 19.0 Å². The predicted molar refractivity (Wildman–Crippen MR) is 118 cm³/mol. The van der Waals surface area contributed by atoms with Crippen molar-refractivity contribution in [1.82, 2.24) is 19.6 Å². The molecule has 1 aromatic heterocycles. The zero-order valence-electron chi connectivity index (χ0n) is 19.1. The normalized spacial score (nSPS) is 24.9. The fourth-order valence-corrected chi connectivity index (χ4v) is 5.30. The van der Waals surface area contributed by atoms with Gasteiger partial charge < -0.3 is 19.7 Å². The SMILES string of the molecule is COc1ccc([C@@H]2C[C@H](C(F)(F)F)n3nc(C(=O)N4CCN5CCC[C@H]5C4)cc3N2)cc1OC. The maximum Gasteiger partial charge on any atom is 0.410 e. The van der Waals surface area contributed by atoms with Crippen LogP contribution in [0.3, 0.4) is 0 Å². The maximum absolute atomic E-state index is 14.1. The molecule has 1 aromatic carbocycles. The van der Waals surface area contributed by atoms with Gasteiger partial charge >= 0.3 is 6.18 Å². The average molecular weight is 480 g/mol. The van der Waals surface area contributed by atoms with E-state index in [1.807, 2.05) is 0 Å². The molecule has 2 fully saturated rings. The van der Waals surface area contributed by atoms with Crippen molar-refractivity contribution >= 4 is 11.7 Å². The highest BCUT2D eigenvalue weighted by Gasteiger charge is 2.47. The first-order valence-electron chi connectivity index (χ1n) is 11.5. The molecule has 11 heteroatoms. The summed E-state index contributed by atoms with van der Waals surface area (Å²) in [5.74, 6) is 0.788. The third kappa shape index (κ3) is 4.06. The fourth-order valence-electron chi connectivity index (χ4n) is 5.30. The second-order valence-corrected chi connectivity index (χ2v) is 9.05. The van der Waals surface area contributed by atoms with Crippen LogP contribution in [0.15, 0.2) is 24.3 Å². The zero-order valence-corrected chi connectivity index (χ0v) is 19.1. The Kier molecular flexibility index (Phi) is 5.83. The highest BCUT2D eigenvalue weighted by Crippen LogP contribution is 2.44. The first kappa shape index (κ1) is 22.8. The summed E-state index contributed by atoms with van der Waals surface area (Å²) in [6.45, 7) is 2.97. The molecule has 0 unspecified atom stereocenters. The van der Waals surface area contributed by atoms with Crippen molar-refractivity contribution < 1.29 is 27.4 Å². The Bertz CT molecular complexity index is 1070. The summed E-state index contributed by atoms with van der Waals surface area (Å²) in [6, 6.07) is 4.33. The van der Waals surface area contributed by atoms with Crippen molar-refractivity contribution in [2.45, 2.75) is 43.6 Å². The topological polar surface area (TPSA) is 71.9 Å². The molecular formula is C23H28F3N5O3. The minimum Gasteiger partial charge on any atom is -0.493 e. The highest BCUT2D eigenvalue weighted by molar-refractivity contribution is 5.93. The van der Waals surface area contributed by atoms with Crippen molar-refractivity contribution in [3.05, 3.63) is 35.5 Å². The van der Waals surface area contributed by atoms with Crippen LogP contribution < -0.4 is 14.8 Å². The lowest BCUT2D eigenvalue weighted by Crippen LogP contribution is -2.52. The fraction of sp³-hybridized carbons (Fsp3) is 0.565. The molecule has 8 nitrogen and oxygen atoms in total. The van der Waals surface area contributed by atoms with Gasteiger partial charge in [0.15, 0.2) is 23.2 Å². The van der Waals surface area contributed by atoms with E-state index in [4.69, 9.17) is 9.47 Å². The van der Waals surface area contributed by atoms with Crippen LogP contribution in [-0.4, -0.2) is 78.1 Å². The number of anilines is 1. The van der Waals surface area contributed by atoms with Crippen molar-refractivity contribution in [2.24, 2.45) is 0 Å². The minimum absolute atomic E-state index is 0.0381. The third-order valence-electron chi connectivity index (χ3n) is 7.09. The molecule has 0 aliphatic carbocycles. The molecule has 0 bridgehead atoms. The lowest BCUT2D eigenvalue weighted by molar-refractivity contribution is -0.173. The number of ether oxygens (including phenoxy) is 2. The number of halogens is 3. The van der Waals surface area contributed by atoms with E-state index in [-0.39, 0.29) is 23.8 Å². The van der Waals surface area contributed by atoms with Gasteiger partial charge in [-0.1, -0.05) is 6.07 Å². The number of fused-ring (bicyclic) bond motifs is 2. The summed E-state index contributed by atoms with van der Waals surface area (Å²) in [4.78, 5) is 17.2. The van der Waals surface area contributed by atoms with Gasteiger partial charge in [-0.2, -0.15) is 18.3 Å². The lowest BCUT2D eigenvalue weighted by atomic mass is 9.96. The standard InChI is InChI=1S/C23H28F3N5O3/c1-33-18-6-5-14(10-19(18)34-2)16-11-20(23(24,25)26)31-21(27-16)12-17(28-31)22(32)30-9-8-29-7-3-4-15(29)13-30/h5-6,10,12,15-16,20,27H,3-4,7-9,11,13H2,1-2H3/t15-,16-,20+/m0/s1. The van der Waals surface area contributed by atoms with Crippen LogP contribution in [0.5, 0.6) is 11.5 Å². The Labute approximate surface area is 195 Å². The van der Waals surface area contributed by atoms with Gasteiger partial charge in [0.2, 0.25) is 0 Å². The molecule has 0 saturated carbocycles. The maximum atomic E-state index is 14.1. The first-order chi connectivity index (χ1) is 16.3. The number of methoxy groups -OCH3 is 2. The smallest absolute Gasteiger partial charge is 0.410 e. The summed E-state index contributed by atoms with van der Waals surface area (Å²) in [5.41, 5.74) is 0.667. The Balaban J connectivity index is 1.42. The van der Waals surface area contributed by atoms with E-state index in [2.05, 4.69) is 15.3 Å². The Morgan fingerprint density at radius 1 is 1.12 bits per heavy atom. The number of hydrogen-bond donors (Lipinski definition) is 1. The number of hydrogen-bond acceptors (Lipinski definition) is 6. The molecule has 5 rings (SSSR count). The minimum atomic E-state index is -4.52. The van der Waals surface area contributed by atoms with Gasteiger partial charge in [-0.05, 0) is 37.1 Å². The molecule has 3 aliphatic rings. The molecule has 3 atom stereocenters. The van der Waals surface area contributed by atoms with E-state index in [9.17, 15) is 18.0 Å². The number of carbonyl (C=O) groups is 1. The second-order valence-electron chi connectivity index (χ2n) is 9.05. The van der Waals surface area contributed by atoms with Gasteiger partial charge in [0.1, 0.15) is 5.82 Å². The van der Waals surface area contributed by atoms with E-state index in [0.29, 0.717) is 36.2 Å². The van der Waals surface area contributed by atoms with Crippen molar-refractivity contribution in [1.29, 1.82) is 0 Å². The number of amides is 1. The van der Waals surface area contributed by atoms with E-state index in [0.717, 1.165) is 30.6 Å². The van der Waals surface area contributed by atoms with E-state index >= 15 is 0 Å². The quantitative estimate of drug-likeness (QED) is 0.724. The number of nitrogens with one attached hydrogen (secondary N) is 1. The van der Waals surface area contributed by atoms with E-state index in [1.165, 1.54) is 20.3 Å². The number of carbonyl (C=O) groups excluding carboxylic acids is 1. The van der Waals surface area contributed by atoms with Crippen LogP contribution >= 0.6 is 0 Å². The number of aromatic nitrogens is 2. The van der Waals surface area contributed by atoms with Gasteiger partial charge in [0.05, 0.1) is 20.3 Å². The summed E-state index contributed by atoms with van der Waals surface area (Å²) in [5, 5.41) is 7.28. The molecule has 0 radical (unpaired) electrons. The summed E-state index contributed by atoms with van der Waals surface area (Å²) in [6.07, 6.45) is -2.64. The number of alkyl halides is 3. The van der Waals surface area contributed by atoms with E-state index in [1.54, 1.807) is 23.1 Å². The van der Waals surface area contributed by atoms with Crippen LogP contribution in [0.2, 0.25) is 0 Å². The van der Waals surface area contributed by atoms with Crippen molar-refractivity contribution in [3.8, 4) is 11.5 Å². The Hall–Kier alpha value is -2.95. The van der Waals surface area contributed by atoms with Gasteiger partial charge in [0, 0.05) is 38.2 Å². The summed E-state index contributed by atoms with van der Waals surface area (Å²) < 4.78 is 53.6. The molecule has 34 heavy (non-hydrogen) atoms. The van der Waals surface area contributed by atoms with Gasteiger partial charge in [-0.3, -0.25) is 9.69 Å². The molecule has 0 spiro atoms. The molecular weight excluding hydrogens is 451 g/mol. The summed E-state index contributed by atoms with van der Waals surface area (Å²) >= 11 is 0. The number of nitrogens with zero attached hydrogens (tertiary/aromatic N) is 4. The van der Waals surface area contributed by atoms with Gasteiger partial charge in [0.25, 0.3) is 5.91 Å². The van der Waals surface area contributed by atoms with Gasteiger partial charge in [-0.15, -0.1) is 0 Å².